The summed E-state index contributed by atoms with van der Waals surface area (Å²) in [5.74, 6) is 1.72. The SMILES string of the molecule is Cc1nc(CN2CCCN(C(=O)c3ccncc3)CC2)oc1C. The minimum atomic E-state index is 0.0806. The third-order valence-electron chi connectivity index (χ3n) is 4.23. The van der Waals surface area contributed by atoms with Crippen molar-refractivity contribution in [2.24, 2.45) is 0 Å². The lowest BCUT2D eigenvalue weighted by molar-refractivity contribution is 0.0760. The summed E-state index contributed by atoms with van der Waals surface area (Å²) in [5.41, 5.74) is 1.65. The van der Waals surface area contributed by atoms with E-state index in [2.05, 4.69) is 14.9 Å². The van der Waals surface area contributed by atoms with Crippen molar-refractivity contribution in [1.29, 1.82) is 0 Å². The first kappa shape index (κ1) is 15.7. The van der Waals surface area contributed by atoms with E-state index in [1.807, 2.05) is 18.7 Å². The largest absolute Gasteiger partial charge is 0.444 e. The summed E-state index contributed by atoms with van der Waals surface area (Å²) in [5, 5.41) is 0. The van der Waals surface area contributed by atoms with Crippen LogP contribution in [-0.4, -0.2) is 51.9 Å². The van der Waals surface area contributed by atoms with Gasteiger partial charge in [-0.05, 0) is 32.4 Å². The molecule has 3 heterocycles. The van der Waals surface area contributed by atoms with Crippen LogP contribution in [0.4, 0.5) is 0 Å². The van der Waals surface area contributed by atoms with E-state index in [4.69, 9.17) is 4.42 Å². The Kier molecular flexibility index (Phi) is 4.71. The number of aryl methyl sites for hydroxylation is 2. The quantitative estimate of drug-likeness (QED) is 0.867. The van der Waals surface area contributed by atoms with Crippen LogP contribution < -0.4 is 0 Å². The van der Waals surface area contributed by atoms with E-state index in [0.717, 1.165) is 49.9 Å². The van der Waals surface area contributed by atoms with Gasteiger partial charge in [0.05, 0.1) is 12.2 Å². The van der Waals surface area contributed by atoms with Crippen LogP contribution in [0.3, 0.4) is 0 Å². The monoisotopic (exact) mass is 314 g/mol. The summed E-state index contributed by atoms with van der Waals surface area (Å²) in [6, 6.07) is 3.53. The molecule has 0 spiro atoms. The van der Waals surface area contributed by atoms with Crippen molar-refractivity contribution >= 4 is 5.91 Å². The van der Waals surface area contributed by atoms with E-state index in [0.29, 0.717) is 12.1 Å². The summed E-state index contributed by atoms with van der Waals surface area (Å²) in [6.45, 7) is 7.87. The van der Waals surface area contributed by atoms with Gasteiger partial charge in [0.25, 0.3) is 5.91 Å². The number of amides is 1. The fourth-order valence-electron chi connectivity index (χ4n) is 2.81. The Hall–Kier alpha value is -2.21. The average Bonchev–Trinajstić information content (AvgIpc) is 2.76. The summed E-state index contributed by atoms with van der Waals surface area (Å²) < 4.78 is 5.66. The number of carbonyl (C=O) groups excluding carboxylic acids is 1. The number of hydrogen-bond acceptors (Lipinski definition) is 5. The maximum atomic E-state index is 12.5. The number of pyridine rings is 1. The number of hydrogen-bond donors (Lipinski definition) is 0. The number of carbonyl (C=O) groups is 1. The van der Waals surface area contributed by atoms with Gasteiger partial charge >= 0.3 is 0 Å². The van der Waals surface area contributed by atoms with E-state index in [9.17, 15) is 4.79 Å². The van der Waals surface area contributed by atoms with Gasteiger partial charge in [0.1, 0.15) is 5.76 Å². The molecule has 0 aromatic carbocycles. The first-order valence-corrected chi connectivity index (χ1v) is 7.98. The molecule has 3 rings (SSSR count). The van der Waals surface area contributed by atoms with Crippen molar-refractivity contribution in [3.63, 3.8) is 0 Å². The van der Waals surface area contributed by atoms with Crippen molar-refractivity contribution in [2.45, 2.75) is 26.8 Å². The highest BCUT2D eigenvalue weighted by Gasteiger charge is 2.21. The molecule has 122 valence electrons. The molecule has 1 fully saturated rings. The fourth-order valence-corrected chi connectivity index (χ4v) is 2.81. The molecular formula is C17H22N4O2. The van der Waals surface area contributed by atoms with Crippen molar-refractivity contribution < 1.29 is 9.21 Å². The number of aromatic nitrogens is 2. The van der Waals surface area contributed by atoms with Gasteiger partial charge in [-0.1, -0.05) is 0 Å². The van der Waals surface area contributed by atoms with Gasteiger partial charge in [-0.3, -0.25) is 14.7 Å². The van der Waals surface area contributed by atoms with E-state index in [1.54, 1.807) is 24.5 Å². The average molecular weight is 314 g/mol. The molecule has 6 nitrogen and oxygen atoms in total. The van der Waals surface area contributed by atoms with Crippen molar-refractivity contribution in [3.05, 3.63) is 47.4 Å². The molecule has 0 saturated carbocycles. The van der Waals surface area contributed by atoms with Crippen molar-refractivity contribution in [2.75, 3.05) is 26.2 Å². The smallest absolute Gasteiger partial charge is 0.254 e. The molecule has 0 aliphatic carbocycles. The Labute approximate surface area is 136 Å². The molecule has 2 aromatic heterocycles. The fraction of sp³-hybridized carbons (Fsp3) is 0.471. The third kappa shape index (κ3) is 3.76. The molecule has 0 atom stereocenters. The van der Waals surface area contributed by atoms with E-state index in [-0.39, 0.29) is 5.91 Å². The molecule has 1 saturated heterocycles. The minimum Gasteiger partial charge on any atom is -0.444 e. The normalized spacial score (nSPS) is 16.3. The van der Waals surface area contributed by atoms with Crippen LogP contribution >= 0.6 is 0 Å². The zero-order valence-corrected chi connectivity index (χ0v) is 13.7. The number of rotatable bonds is 3. The predicted octanol–water partition coefficient (Wildman–Crippen LogP) is 2.03. The lowest BCUT2D eigenvalue weighted by atomic mass is 10.2. The maximum Gasteiger partial charge on any atom is 0.254 e. The van der Waals surface area contributed by atoms with Crippen LogP contribution in [0.5, 0.6) is 0 Å². The Bertz CT molecular complexity index is 649. The molecule has 1 aliphatic rings. The molecule has 1 aliphatic heterocycles. The Morgan fingerprint density at radius 1 is 1.17 bits per heavy atom. The highest BCUT2D eigenvalue weighted by molar-refractivity contribution is 5.94. The molecule has 0 N–H and O–H groups in total. The van der Waals surface area contributed by atoms with Gasteiger partial charge in [0.15, 0.2) is 0 Å². The van der Waals surface area contributed by atoms with Crippen LogP contribution in [0.15, 0.2) is 28.9 Å². The number of oxazole rings is 1. The molecule has 2 aromatic rings. The lowest BCUT2D eigenvalue weighted by Crippen LogP contribution is -2.35. The van der Waals surface area contributed by atoms with Gasteiger partial charge in [-0.2, -0.15) is 0 Å². The molecule has 0 bridgehead atoms. The first-order valence-electron chi connectivity index (χ1n) is 7.98. The molecule has 6 heteroatoms. The second kappa shape index (κ2) is 6.91. The summed E-state index contributed by atoms with van der Waals surface area (Å²) >= 11 is 0. The highest BCUT2D eigenvalue weighted by atomic mass is 16.4. The maximum absolute atomic E-state index is 12.5. The van der Waals surface area contributed by atoms with E-state index >= 15 is 0 Å². The van der Waals surface area contributed by atoms with Crippen LogP contribution in [-0.2, 0) is 6.54 Å². The summed E-state index contributed by atoms with van der Waals surface area (Å²) in [4.78, 5) is 25.1. The van der Waals surface area contributed by atoms with Crippen molar-refractivity contribution in [3.8, 4) is 0 Å². The van der Waals surface area contributed by atoms with Crippen LogP contribution in [0.25, 0.3) is 0 Å². The molecule has 0 unspecified atom stereocenters. The Balaban J connectivity index is 1.60. The minimum absolute atomic E-state index is 0.0806. The second-order valence-electron chi connectivity index (χ2n) is 5.91. The van der Waals surface area contributed by atoms with Gasteiger partial charge < -0.3 is 9.32 Å². The van der Waals surface area contributed by atoms with E-state index < -0.39 is 0 Å². The third-order valence-corrected chi connectivity index (χ3v) is 4.23. The van der Waals surface area contributed by atoms with Gasteiger partial charge in [0, 0.05) is 44.1 Å². The summed E-state index contributed by atoms with van der Waals surface area (Å²) in [7, 11) is 0. The Morgan fingerprint density at radius 2 is 1.96 bits per heavy atom. The molecule has 23 heavy (non-hydrogen) atoms. The zero-order valence-electron chi connectivity index (χ0n) is 13.7. The molecule has 1 amide bonds. The zero-order chi connectivity index (χ0) is 16.2. The first-order chi connectivity index (χ1) is 11.1. The second-order valence-corrected chi connectivity index (χ2v) is 5.91. The topological polar surface area (TPSA) is 62.5 Å². The lowest BCUT2D eigenvalue weighted by Gasteiger charge is -2.21. The van der Waals surface area contributed by atoms with Gasteiger partial charge in [-0.15, -0.1) is 0 Å². The predicted molar refractivity (Wildman–Crippen MR) is 86.0 cm³/mol. The molecular weight excluding hydrogens is 292 g/mol. The van der Waals surface area contributed by atoms with Crippen molar-refractivity contribution in [1.82, 2.24) is 19.8 Å². The van der Waals surface area contributed by atoms with Crippen LogP contribution in [0.2, 0.25) is 0 Å². The van der Waals surface area contributed by atoms with Gasteiger partial charge in [-0.25, -0.2) is 4.98 Å². The van der Waals surface area contributed by atoms with Crippen LogP contribution in [0.1, 0.15) is 34.1 Å². The number of nitrogens with zero attached hydrogens (tertiary/aromatic N) is 4. The summed E-state index contributed by atoms with van der Waals surface area (Å²) in [6.07, 6.45) is 4.27. The standard InChI is InChI=1S/C17H22N4O2/c1-13-14(2)23-16(19-13)12-20-8-3-9-21(11-10-20)17(22)15-4-6-18-7-5-15/h4-7H,3,8-12H2,1-2H3. The highest BCUT2D eigenvalue weighted by Crippen LogP contribution is 2.13. The van der Waals surface area contributed by atoms with Gasteiger partial charge in [0.2, 0.25) is 5.89 Å². The Morgan fingerprint density at radius 3 is 2.65 bits per heavy atom. The molecule has 0 radical (unpaired) electrons. The van der Waals surface area contributed by atoms with E-state index in [1.165, 1.54) is 0 Å². The van der Waals surface area contributed by atoms with Crippen LogP contribution in [0, 0.1) is 13.8 Å².